The van der Waals surface area contributed by atoms with Crippen molar-refractivity contribution in [2.45, 2.75) is 27.2 Å². The van der Waals surface area contributed by atoms with Crippen LogP contribution in [0.25, 0.3) is 0 Å². The van der Waals surface area contributed by atoms with Gasteiger partial charge in [-0.15, -0.1) is 0 Å². The molecule has 1 rings (SSSR count). The van der Waals surface area contributed by atoms with Gasteiger partial charge in [-0.25, -0.2) is 0 Å². The maximum Gasteiger partial charge on any atom is 0.0590 e. The van der Waals surface area contributed by atoms with Gasteiger partial charge < -0.3 is 15.0 Å². The van der Waals surface area contributed by atoms with Gasteiger partial charge in [0.1, 0.15) is 0 Å². The van der Waals surface area contributed by atoms with E-state index in [0.29, 0.717) is 0 Å². The largest absolute Gasteiger partial charge is 0.380 e. The first-order valence-corrected chi connectivity index (χ1v) is 6.74. The average molecular weight is 228 g/mol. The molecule has 0 aromatic heterocycles. The Morgan fingerprint density at radius 3 is 2.81 bits per heavy atom. The van der Waals surface area contributed by atoms with Crippen LogP contribution >= 0.6 is 0 Å². The van der Waals surface area contributed by atoms with Crippen molar-refractivity contribution in [3.8, 4) is 0 Å². The van der Waals surface area contributed by atoms with Gasteiger partial charge in [0.05, 0.1) is 6.61 Å². The molecule has 0 aliphatic carbocycles. The van der Waals surface area contributed by atoms with E-state index >= 15 is 0 Å². The van der Waals surface area contributed by atoms with E-state index in [2.05, 4.69) is 24.1 Å². The smallest absolute Gasteiger partial charge is 0.0590 e. The molecular formula is C13H28N2O. The third-order valence-electron chi connectivity index (χ3n) is 3.48. The van der Waals surface area contributed by atoms with Gasteiger partial charge >= 0.3 is 0 Å². The molecule has 0 radical (unpaired) electrons. The van der Waals surface area contributed by atoms with Crippen LogP contribution < -0.4 is 5.32 Å². The molecule has 1 heterocycles. The highest BCUT2D eigenvalue weighted by molar-refractivity contribution is 4.77. The molecule has 0 spiro atoms. The minimum atomic E-state index is 0.823. The predicted molar refractivity (Wildman–Crippen MR) is 68.7 cm³/mol. The molecular weight excluding hydrogens is 200 g/mol. The summed E-state index contributed by atoms with van der Waals surface area (Å²) in [5.41, 5.74) is 0. The van der Waals surface area contributed by atoms with E-state index in [0.717, 1.165) is 38.1 Å². The van der Waals surface area contributed by atoms with E-state index in [-0.39, 0.29) is 0 Å². The third kappa shape index (κ3) is 5.28. The fourth-order valence-corrected chi connectivity index (χ4v) is 2.26. The molecule has 3 nitrogen and oxygen atoms in total. The molecule has 0 saturated carbocycles. The van der Waals surface area contributed by atoms with Crippen LogP contribution in [0.1, 0.15) is 27.2 Å². The lowest BCUT2D eigenvalue weighted by atomic mass is 9.95. The van der Waals surface area contributed by atoms with Crippen LogP contribution in [0.15, 0.2) is 0 Å². The molecule has 0 aromatic rings. The summed E-state index contributed by atoms with van der Waals surface area (Å²) in [6.45, 7) is 14.2. The van der Waals surface area contributed by atoms with Crippen molar-refractivity contribution in [1.82, 2.24) is 10.2 Å². The number of nitrogens with one attached hydrogen (secondary N) is 1. The summed E-state index contributed by atoms with van der Waals surface area (Å²) in [4.78, 5) is 2.58. The van der Waals surface area contributed by atoms with E-state index in [1.165, 1.54) is 26.1 Å². The number of hydrogen-bond acceptors (Lipinski definition) is 3. The van der Waals surface area contributed by atoms with Crippen LogP contribution in [0.3, 0.4) is 0 Å². The second kappa shape index (κ2) is 8.04. The molecule has 1 unspecified atom stereocenters. The van der Waals surface area contributed by atoms with E-state index in [1.54, 1.807) is 0 Å². The summed E-state index contributed by atoms with van der Waals surface area (Å²) in [6.07, 6.45) is 1.39. The van der Waals surface area contributed by atoms with Crippen LogP contribution in [-0.2, 0) is 4.74 Å². The Morgan fingerprint density at radius 1 is 1.38 bits per heavy atom. The summed E-state index contributed by atoms with van der Waals surface area (Å²) in [5.74, 6) is 1.76. The third-order valence-corrected chi connectivity index (χ3v) is 3.48. The van der Waals surface area contributed by atoms with Gasteiger partial charge in [0.25, 0.3) is 0 Å². The zero-order valence-corrected chi connectivity index (χ0v) is 11.2. The van der Waals surface area contributed by atoms with E-state index in [1.807, 2.05) is 6.92 Å². The van der Waals surface area contributed by atoms with Gasteiger partial charge in [-0.05, 0) is 31.7 Å². The molecule has 1 saturated heterocycles. The summed E-state index contributed by atoms with van der Waals surface area (Å²) in [5, 5.41) is 3.42. The van der Waals surface area contributed by atoms with Crippen molar-refractivity contribution in [2.75, 3.05) is 45.9 Å². The number of rotatable bonds is 8. The first-order chi connectivity index (χ1) is 7.74. The number of nitrogens with zero attached hydrogens (tertiary/aromatic N) is 1. The highest BCUT2D eigenvalue weighted by Crippen LogP contribution is 2.22. The van der Waals surface area contributed by atoms with Crippen molar-refractivity contribution in [3.63, 3.8) is 0 Å². The summed E-state index contributed by atoms with van der Waals surface area (Å²) < 4.78 is 5.28. The van der Waals surface area contributed by atoms with Gasteiger partial charge in [-0.3, -0.25) is 0 Å². The summed E-state index contributed by atoms with van der Waals surface area (Å²) in [7, 11) is 0. The minimum Gasteiger partial charge on any atom is -0.380 e. The van der Waals surface area contributed by atoms with Crippen LogP contribution in [-0.4, -0.2) is 50.8 Å². The van der Waals surface area contributed by atoms with Gasteiger partial charge in [-0.2, -0.15) is 0 Å². The normalized spacial score (nSPS) is 22.1. The molecule has 1 aliphatic rings. The minimum absolute atomic E-state index is 0.823. The number of hydrogen-bond donors (Lipinski definition) is 1. The van der Waals surface area contributed by atoms with Gasteiger partial charge in [0.15, 0.2) is 0 Å². The quantitative estimate of drug-likeness (QED) is 0.639. The monoisotopic (exact) mass is 228 g/mol. The van der Waals surface area contributed by atoms with Gasteiger partial charge in [0.2, 0.25) is 0 Å². The molecule has 0 aromatic carbocycles. The molecule has 16 heavy (non-hydrogen) atoms. The Bertz CT molecular complexity index is 173. The zero-order valence-electron chi connectivity index (χ0n) is 11.2. The zero-order chi connectivity index (χ0) is 11.8. The van der Waals surface area contributed by atoms with Crippen LogP contribution in [0, 0.1) is 11.8 Å². The highest BCUT2D eigenvalue weighted by atomic mass is 16.5. The van der Waals surface area contributed by atoms with E-state index < -0.39 is 0 Å². The molecule has 1 N–H and O–H groups in total. The molecule has 0 amide bonds. The number of likely N-dealkylation sites (tertiary alicyclic amines) is 1. The topological polar surface area (TPSA) is 24.5 Å². The Labute approximate surface area is 101 Å². The van der Waals surface area contributed by atoms with E-state index in [4.69, 9.17) is 4.74 Å². The lowest BCUT2D eigenvalue weighted by molar-refractivity contribution is 0.148. The van der Waals surface area contributed by atoms with Crippen molar-refractivity contribution in [1.29, 1.82) is 0 Å². The standard InChI is InChI=1S/C13H28N2O/c1-4-16-10-7-14-6-9-15-8-5-13(11-15)12(2)3/h12-14H,4-11H2,1-3H3. The van der Waals surface area contributed by atoms with Crippen LogP contribution in [0.4, 0.5) is 0 Å². The van der Waals surface area contributed by atoms with E-state index in [9.17, 15) is 0 Å². The fourth-order valence-electron chi connectivity index (χ4n) is 2.26. The lowest BCUT2D eigenvalue weighted by Crippen LogP contribution is -2.32. The Morgan fingerprint density at radius 2 is 2.19 bits per heavy atom. The SMILES string of the molecule is CCOCCNCCN1CCC(C(C)C)C1. The second-order valence-corrected chi connectivity index (χ2v) is 5.04. The fraction of sp³-hybridized carbons (Fsp3) is 1.00. The molecule has 1 aliphatic heterocycles. The molecule has 96 valence electrons. The summed E-state index contributed by atoms with van der Waals surface area (Å²) >= 11 is 0. The van der Waals surface area contributed by atoms with Crippen molar-refractivity contribution >= 4 is 0 Å². The van der Waals surface area contributed by atoms with Crippen LogP contribution in [0.2, 0.25) is 0 Å². The highest BCUT2D eigenvalue weighted by Gasteiger charge is 2.23. The second-order valence-electron chi connectivity index (χ2n) is 5.04. The number of ether oxygens (including phenoxy) is 1. The van der Waals surface area contributed by atoms with Gasteiger partial charge in [0, 0.05) is 32.8 Å². The molecule has 0 bridgehead atoms. The molecule has 1 atom stereocenters. The molecule has 3 heteroatoms. The Balaban J connectivity index is 1.94. The summed E-state index contributed by atoms with van der Waals surface area (Å²) in [6, 6.07) is 0. The van der Waals surface area contributed by atoms with Crippen molar-refractivity contribution in [3.05, 3.63) is 0 Å². The Hall–Kier alpha value is -0.120. The Kier molecular flexibility index (Phi) is 7.01. The van der Waals surface area contributed by atoms with Crippen molar-refractivity contribution in [2.24, 2.45) is 11.8 Å². The predicted octanol–water partition coefficient (Wildman–Crippen LogP) is 1.59. The first kappa shape index (κ1) is 13.9. The maximum absolute atomic E-state index is 5.28. The van der Waals surface area contributed by atoms with Crippen molar-refractivity contribution < 1.29 is 4.74 Å². The van der Waals surface area contributed by atoms with Gasteiger partial charge in [-0.1, -0.05) is 13.8 Å². The molecule has 1 fully saturated rings. The average Bonchev–Trinajstić information content (AvgIpc) is 2.72. The maximum atomic E-state index is 5.28. The first-order valence-electron chi connectivity index (χ1n) is 6.74. The van der Waals surface area contributed by atoms with Crippen LogP contribution in [0.5, 0.6) is 0 Å². The lowest BCUT2D eigenvalue weighted by Gasteiger charge is -2.17.